The maximum atomic E-state index is 11.3. The summed E-state index contributed by atoms with van der Waals surface area (Å²) in [6.07, 6.45) is 3.12. The molecule has 0 saturated carbocycles. The number of aliphatic hydroxyl groups is 1. The number of piperidine rings is 1. The molecule has 2 heterocycles. The van der Waals surface area contributed by atoms with Crippen LogP contribution in [0.15, 0.2) is 24.4 Å². The van der Waals surface area contributed by atoms with Gasteiger partial charge in [-0.15, -0.1) is 5.10 Å². The first-order valence-electron chi connectivity index (χ1n) is 7.49. The fraction of sp³-hybridized carbons (Fsp3) is 0.500. The van der Waals surface area contributed by atoms with Crippen molar-refractivity contribution in [1.29, 1.82) is 0 Å². The number of nitrogens with zero attached hydrogens (tertiary/aromatic N) is 3. The van der Waals surface area contributed by atoms with E-state index in [4.69, 9.17) is 11.6 Å². The second-order valence-electron chi connectivity index (χ2n) is 6.34. The normalized spacial score (nSPS) is 28.8. The predicted molar refractivity (Wildman–Crippen MR) is 85.7 cm³/mol. The monoisotopic (exact) mass is 320 g/mol. The topological polar surface area (TPSA) is 63.0 Å². The number of aromatic nitrogens is 3. The van der Waals surface area contributed by atoms with Crippen molar-refractivity contribution in [3.8, 4) is 0 Å². The summed E-state index contributed by atoms with van der Waals surface area (Å²) in [5.74, 6) is 0. The van der Waals surface area contributed by atoms with Gasteiger partial charge in [0.1, 0.15) is 0 Å². The minimum Gasteiger partial charge on any atom is -0.385 e. The number of rotatable bonds is 2. The van der Waals surface area contributed by atoms with Crippen molar-refractivity contribution < 1.29 is 5.11 Å². The molecule has 1 aliphatic rings. The first kappa shape index (κ1) is 15.5. The van der Waals surface area contributed by atoms with Gasteiger partial charge in [-0.25, -0.2) is 0 Å². The smallest absolute Gasteiger partial charge is 0.0997 e. The molecule has 0 unspecified atom stereocenters. The predicted octanol–water partition coefficient (Wildman–Crippen LogP) is 2.48. The highest BCUT2D eigenvalue weighted by Gasteiger charge is 2.40. The minimum absolute atomic E-state index is 0.0162. The molecule has 5 nitrogen and oxygen atoms in total. The van der Waals surface area contributed by atoms with E-state index in [1.165, 1.54) is 0 Å². The van der Waals surface area contributed by atoms with E-state index in [0.29, 0.717) is 17.9 Å². The second-order valence-corrected chi connectivity index (χ2v) is 6.77. The average Bonchev–Trinajstić information content (AvgIpc) is 2.84. The summed E-state index contributed by atoms with van der Waals surface area (Å²) in [6.45, 7) is 4.07. The molecule has 1 fully saturated rings. The summed E-state index contributed by atoms with van der Waals surface area (Å²) >= 11 is 6.04. The summed E-state index contributed by atoms with van der Waals surface area (Å²) in [4.78, 5) is 0. The zero-order valence-corrected chi connectivity index (χ0v) is 13.8. The zero-order chi connectivity index (χ0) is 15.9. The van der Waals surface area contributed by atoms with Crippen LogP contribution in [0.2, 0.25) is 5.02 Å². The van der Waals surface area contributed by atoms with Crippen molar-refractivity contribution in [1.82, 2.24) is 20.3 Å². The largest absolute Gasteiger partial charge is 0.385 e. The summed E-state index contributed by atoms with van der Waals surface area (Å²) in [5.41, 5.74) is 1.93. The summed E-state index contributed by atoms with van der Waals surface area (Å²) < 4.78 is 1.68. The van der Waals surface area contributed by atoms with Crippen LogP contribution >= 0.6 is 11.6 Å². The molecule has 2 aromatic rings. The van der Waals surface area contributed by atoms with Gasteiger partial charge in [0.25, 0.3) is 0 Å². The van der Waals surface area contributed by atoms with Gasteiger partial charge in [-0.3, -0.25) is 4.68 Å². The third-order valence-corrected chi connectivity index (χ3v) is 4.57. The van der Waals surface area contributed by atoms with E-state index in [9.17, 15) is 5.11 Å². The Morgan fingerprint density at radius 2 is 2.18 bits per heavy atom. The highest BCUT2D eigenvalue weighted by Crippen LogP contribution is 2.41. The van der Waals surface area contributed by atoms with Crippen LogP contribution in [-0.2, 0) is 12.6 Å². The van der Waals surface area contributed by atoms with E-state index in [2.05, 4.69) is 22.6 Å². The highest BCUT2D eigenvalue weighted by atomic mass is 35.5. The van der Waals surface area contributed by atoms with Crippen molar-refractivity contribution in [2.45, 2.75) is 44.4 Å². The lowest BCUT2D eigenvalue weighted by Gasteiger charge is -2.41. The Balaban J connectivity index is 1.95. The van der Waals surface area contributed by atoms with Crippen LogP contribution in [0.1, 0.15) is 42.6 Å². The molecule has 1 saturated heterocycles. The van der Waals surface area contributed by atoms with Gasteiger partial charge in [0.15, 0.2) is 0 Å². The molecule has 2 N–H and O–H groups in total. The SMILES string of the molecule is Cc1cc(Cl)ccc1[C@@]1(O)C[C@@H](c2cn(C)nn2)N[C@@H](C)C1. The number of hydrogen-bond acceptors (Lipinski definition) is 4. The average molecular weight is 321 g/mol. The molecule has 22 heavy (non-hydrogen) atoms. The Morgan fingerprint density at radius 1 is 1.41 bits per heavy atom. The molecule has 0 bridgehead atoms. The second kappa shape index (κ2) is 5.65. The Kier molecular flexibility index (Phi) is 3.97. The van der Waals surface area contributed by atoms with Gasteiger partial charge < -0.3 is 10.4 Å². The number of aryl methyl sites for hydroxylation is 2. The van der Waals surface area contributed by atoms with Crippen LogP contribution in [0, 0.1) is 6.92 Å². The zero-order valence-electron chi connectivity index (χ0n) is 13.0. The molecule has 0 amide bonds. The highest BCUT2D eigenvalue weighted by molar-refractivity contribution is 6.30. The van der Waals surface area contributed by atoms with Gasteiger partial charge in [-0.2, -0.15) is 0 Å². The van der Waals surface area contributed by atoms with Gasteiger partial charge in [0, 0.05) is 30.7 Å². The van der Waals surface area contributed by atoms with Gasteiger partial charge in [-0.1, -0.05) is 22.9 Å². The quantitative estimate of drug-likeness (QED) is 0.892. The molecule has 3 rings (SSSR count). The first-order chi connectivity index (χ1) is 10.4. The third kappa shape index (κ3) is 2.89. The molecule has 0 radical (unpaired) electrons. The van der Waals surface area contributed by atoms with Crippen LogP contribution in [0.3, 0.4) is 0 Å². The summed E-state index contributed by atoms with van der Waals surface area (Å²) in [5, 5.41) is 23.7. The van der Waals surface area contributed by atoms with Crippen molar-refractivity contribution in [3.63, 3.8) is 0 Å². The molecule has 6 heteroatoms. The Morgan fingerprint density at radius 3 is 2.82 bits per heavy atom. The fourth-order valence-corrected chi connectivity index (χ4v) is 3.70. The van der Waals surface area contributed by atoms with E-state index >= 15 is 0 Å². The van der Waals surface area contributed by atoms with E-state index < -0.39 is 5.60 Å². The van der Waals surface area contributed by atoms with E-state index in [1.807, 2.05) is 38.4 Å². The Hall–Kier alpha value is -1.43. The molecule has 1 aromatic heterocycles. The number of benzene rings is 1. The maximum Gasteiger partial charge on any atom is 0.0997 e. The molecule has 0 spiro atoms. The Labute approximate surface area is 135 Å². The lowest BCUT2D eigenvalue weighted by Crippen LogP contribution is -2.47. The van der Waals surface area contributed by atoms with Crippen LogP contribution < -0.4 is 5.32 Å². The molecular formula is C16H21ClN4O. The van der Waals surface area contributed by atoms with Crippen molar-refractivity contribution in [2.75, 3.05) is 0 Å². The van der Waals surface area contributed by atoms with Crippen molar-refractivity contribution in [2.24, 2.45) is 7.05 Å². The van der Waals surface area contributed by atoms with E-state index in [-0.39, 0.29) is 12.1 Å². The molecule has 3 atom stereocenters. The van der Waals surface area contributed by atoms with Crippen molar-refractivity contribution >= 4 is 11.6 Å². The molecular weight excluding hydrogens is 300 g/mol. The molecule has 0 aliphatic carbocycles. The van der Waals surface area contributed by atoms with Crippen LogP contribution in [-0.4, -0.2) is 26.1 Å². The molecule has 118 valence electrons. The van der Waals surface area contributed by atoms with Crippen LogP contribution in [0.25, 0.3) is 0 Å². The van der Waals surface area contributed by atoms with Gasteiger partial charge >= 0.3 is 0 Å². The first-order valence-corrected chi connectivity index (χ1v) is 7.86. The summed E-state index contributed by atoms with van der Waals surface area (Å²) in [6, 6.07) is 5.84. The van der Waals surface area contributed by atoms with E-state index in [1.54, 1.807) is 4.68 Å². The molecule has 1 aliphatic heterocycles. The van der Waals surface area contributed by atoms with E-state index in [0.717, 1.165) is 16.8 Å². The number of hydrogen-bond donors (Lipinski definition) is 2. The van der Waals surface area contributed by atoms with Crippen molar-refractivity contribution in [3.05, 3.63) is 46.2 Å². The maximum absolute atomic E-state index is 11.3. The summed E-state index contributed by atoms with van der Waals surface area (Å²) in [7, 11) is 1.85. The lowest BCUT2D eigenvalue weighted by molar-refractivity contribution is -0.0240. The van der Waals surface area contributed by atoms with Crippen LogP contribution in [0.4, 0.5) is 0 Å². The number of nitrogens with one attached hydrogen (secondary N) is 1. The molecule has 1 aromatic carbocycles. The lowest BCUT2D eigenvalue weighted by atomic mass is 9.77. The fourth-order valence-electron chi connectivity index (χ4n) is 3.47. The third-order valence-electron chi connectivity index (χ3n) is 4.34. The van der Waals surface area contributed by atoms with Gasteiger partial charge in [0.2, 0.25) is 0 Å². The minimum atomic E-state index is -0.887. The van der Waals surface area contributed by atoms with Crippen LogP contribution in [0.5, 0.6) is 0 Å². The number of halogens is 1. The van der Waals surface area contributed by atoms with Gasteiger partial charge in [0.05, 0.1) is 17.3 Å². The van der Waals surface area contributed by atoms with Gasteiger partial charge in [-0.05, 0) is 43.5 Å². The standard InChI is InChI=1S/C16H21ClN4O/c1-10-6-12(17)4-5-13(10)16(22)7-11(2)18-14(8-16)15-9-21(3)20-19-15/h4-6,9,11,14,18,22H,7-8H2,1-3H3/t11-,14-,16-/m0/s1. The Bertz CT molecular complexity index is 687.